The van der Waals surface area contributed by atoms with Crippen molar-refractivity contribution in [2.75, 3.05) is 26.2 Å². The summed E-state index contributed by atoms with van der Waals surface area (Å²) in [5, 5.41) is 5.28. The van der Waals surface area contributed by atoms with Crippen LogP contribution in [0.15, 0.2) is 0 Å². The highest BCUT2D eigenvalue weighted by atomic mass is 16.2. The minimum atomic E-state index is -0.350. The van der Waals surface area contributed by atoms with Gasteiger partial charge in [-0.1, -0.05) is 13.8 Å². The van der Waals surface area contributed by atoms with E-state index < -0.39 is 0 Å². The predicted molar refractivity (Wildman–Crippen MR) is 74.6 cm³/mol. The van der Waals surface area contributed by atoms with Gasteiger partial charge in [0.1, 0.15) is 0 Å². The molecule has 7 heteroatoms. The molecule has 114 valence electrons. The fourth-order valence-corrected chi connectivity index (χ4v) is 2.14. The normalized spacial score (nSPS) is 16.1. The Bertz CT molecular complexity index is 363. The standard InChI is InChI=1S/C13H24N4O3/c1-9(2)13(20)17-5-3-10(4-6-17)16-12(19)8-15-11(18)7-14/h9-10H,3-8,14H2,1-2H3,(H,15,18)(H,16,19). The molecule has 20 heavy (non-hydrogen) atoms. The number of carbonyl (C=O) groups is 3. The summed E-state index contributed by atoms with van der Waals surface area (Å²) in [6.45, 7) is 4.92. The molecule has 0 bridgehead atoms. The fraction of sp³-hybridized carbons (Fsp3) is 0.769. The van der Waals surface area contributed by atoms with Crippen molar-refractivity contribution in [3.05, 3.63) is 0 Å². The van der Waals surface area contributed by atoms with Gasteiger partial charge in [0, 0.05) is 25.0 Å². The van der Waals surface area contributed by atoms with Crippen molar-refractivity contribution in [1.29, 1.82) is 0 Å². The number of hydrogen-bond acceptors (Lipinski definition) is 4. The topological polar surface area (TPSA) is 105 Å². The Morgan fingerprint density at radius 2 is 1.80 bits per heavy atom. The molecule has 1 fully saturated rings. The quantitative estimate of drug-likeness (QED) is 0.591. The van der Waals surface area contributed by atoms with Gasteiger partial charge in [-0.2, -0.15) is 0 Å². The van der Waals surface area contributed by atoms with E-state index in [9.17, 15) is 14.4 Å². The van der Waals surface area contributed by atoms with Gasteiger partial charge < -0.3 is 21.3 Å². The minimum absolute atomic E-state index is 0.00705. The largest absolute Gasteiger partial charge is 0.352 e. The Hall–Kier alpha value is -1.63. The van der Waals surface area contributed by atoms with Crippen LogP contribution in [0.2, 0.25) is 0 Å². The van der Waals surface area contributed by atoms with Crippen molar-refractivity contribution >= 4 is 17.7 Å². The van der Waals surface area contributed by atoms with Crippen LogP contribution < -0.4 is 16.4 Å². The minimum Gasteiger partial charge on any atom is -0.352 e. The molecule has 0 aromatic carbocycles. The molecule has 0 aliphatic carbocycles. The molecule has 0 saturated carbocycles. The summed E-state index contributed by atoms with van der Waals surface area (Å²) in [5.41, 5.74) is 5.13. The molecule has 1 aliphatic rings. The van der Waals surface area contributed by atoms with Gasteiger partial charge in [0.2, 0.25) is 17.7 Å². The van der Waals surface area contributed by atoms with Crippen molar-refractivity contribution < 1.29 is 14.4 Å². The van der Waals surface area contributed by atoms with Crippen LogP contribution in [0.25, 0.3) is 0 Å². The average molecular weight is 284 g/mol. The van der Waals surface area contributed by atoms with Crippen molar-refractivity contribution in [3.8, 4) is 0 Å². The fourth-order valence-electron chi connectivity index (χ4n) is 2.14. The lowest BCUT2D eigenvalue weighted by molar-refractivity contribution is -0.135. The molecule has 0 atom stereocenters. The summed E-state index contributed by atoms with van der Waals surface area (Å²) < 4.78 is 0. The van der Waals surface area contributed by atoms with E-state index in [2.05, 4.69) is 10.6 Å². The third kappa shape index (κ3) is 5.16. The lowest BCUT2D eigenvalue weighted by atomic mass is 10.0. The van der Waals surface area contributed by atoms with Gasteiger partial charge in [0.15, 0.2) is 0 Å². The number of piperidine rings is 1. The number of hydrogen-bond donors (Lipinski definition) is 3. The van der Waals surface area contributed by atoms with Gasteiger partial charge in [-0.3, -0.25) is 14.4 Å². The second-order valence-electron chi connectivity index (χ2n) is 5.30. The lowest BCUT2D eigenvalue weighted by Crippen LogP contribution is -2.49. The Morgan fingerprint density at radius 1 is 1.20 bits per heavy atom. The summed E-state index contributed by atoms with van der Waals surface area (Å²) in [4.78, 5) is 36.2. The van der Waals surface area contributed by atoms with Gasteiger partial charge in [0.25, 0.3) is 0 Å². The zero-order chi connectivity index (χ0) is 15.1. The molecular formula is C13H24N4O3. The monoisotopic (exact) mass is 284 g/mol. The third-order valence-corrected chi connectivity index (χ3v) is 3.30. The summed E-state index contributed by atoms with van der Waals surface area (Å²) in [6, 6.07) is 0.0634. The molecule has 1 aliphatic heterocycles. The van der Waals surface area contributed by atoms with Gasteiger partial charge in [-0.15, -0.1) is 0 Å². The maximum Gasteiger partial charge on any atom is 0.239 e. The van der Waals surface area contributed by atoms with Crippen LogP contribution in [-0.2, 0) is 14.4 Å². The van der Waals surface area contributed by atoms with Gasteiger partial charge in [0.05, 0.1) is 13.1 Å². The SMILES string of the molecule is CC(C)C(=O)N1CCC(NC(=O)CNC(=O)CN)CC1. The first kappa shape index (κ1) is 16.4. The zero-order valence-corrected chi connectivity index (χ0v) is 12.1. The van der Waals surface area contributed by atoms with Crippen molar-refractivity contribution in [3.63, 3.8) is 0 Å². The van der Waals surface area contributed by atoms with E-state index in [1.54, 1.807) is 0 Å². The highest BCUT2D eigenvalue weighted by Gasteiger charge is 2.24. The van der Waals surface area contributed by atoms with E-state index in [1.165, 1.54) is 0 Å². The molecule has 1 saturated heterocycles. The smallest absolute Gasteiger partial charge is 0.239 e. The Labute approximate surface area is 119 Å². The first-order valence-electron chi connectivity index (χ1n) is 6.99. The maximum atomic E-state index is 11.8. The van der Waals surface area contributed by atoms with Gasteiger partial charge in [-0.05, 0) is 12.8 Å². The highest BCUT2D eigenvalue weighted by Crippen LogP contribution is 2.13. The molecule has 1 rings (SSSR count). The number of rotatable bonds is 5. The summed E-state index contributed by atoms with van der Waals surface area (Å²) in [7, 11) is 0. The summed E-state index contributed by atoms with van der Waals surface area (Å²) in [6.07, 6.45) is 1.49. The van der Waals surface area contributed by atoms with E-state index >= 15 is 0 Å². The number of carbonyl (C=O) groups excluding carboxylic acids is 3. The number of nitrogens with two attached hydrogens (primary N) is 1. The van der Waals surface area contributed by atoms with Crippen molar-refractivity contribution in [1.82, 2.24) is 15.5 Å². The molecule has 0 radical (unpaired) electrons. The van der Waals surface area contributed by atoms with Crippen LogP contribution >= 0.6 is 0 Å². The summed E-state index contributed by atoms with van der Waals surface area (Å²) >= 11 is 0. The van der Waals surface area contributed by atoms with E-state index in [-0.39, 0.29) is 42.8 Å². The molecule has 7 nitrogen and oxygen atoms in total. The molecule has 3 amide bonds. The second-order valence-corrected chi connectivity index (χ2v) is 5.30. The van der Waals surface area contributed by atoms with E-state index in [4.69, 9.17) is 5.73 Å². The van der Waals surface area contributed by atoms with Crippen LogP contribution in [0.5, 0.6) is 0 Å². The molecule has 0 spiro atoms. The van der Waals surface area contributed by atoms with Crippen molar-refractivity contribution in [2.24, 2.45) is 11.7 Å². The lowest BCUT2D eigenvalue weighted by Gasteiger charge is -2.33. The van der Waals surface area contributed by atoms with Gasteiger partial charge >= 0.3 is 0 Å². The van der Waals surface area contributed by atoms with Gasteiger partial charge in [-0.25, -0.2) is 0 Å². The predicted octanol–water partition coefficient (Wildman–Crippen LogP) is -1.18. The number of nitrogens with zero attached hydrogens (tertiary/aromatic N) is 1. The number of likely N-dealkylation sites (tertiary alicyclic amines) is 1. The first-order valence-corrected chi connectivity index (χ1v) is 6.99. The van der Waals surface area contributed by atoms with Crippen LogP contribution in [0.4, 0.5) is 0 Å². The molecule has 0 unspecified atom stereocenters. The molecule has 0 aromatic rings. The average Bonchev–Trinajstić information content (AvgIpc) is 2.44. The Morgan fingerprint density at radius 3 is 2.30 bits per heavy atom. The number of amides is 3. The van der Waals surface area contributed by atoms with Crippen LogP contribution in [-0.4, -0.2) is 54.8 Å². The third-order valence-electron chi connectivity index (χ3n) is 3.30. The Balaban J connectivity index is 2.27. The van der Waals surface area contributed by atoms with Crippen molar-refractivity contribution in [2.45, 2.75) is 32.7 Å². The number of nitrogens with one attached hydrogen (secondary N) is 2. The van der Waals surface area contributed by atoms with Crippen LogP contribution in [0, 0.1) is 5.92 Å². The molecule has 0 aromatic heterocycles. The molecule has 1 heterocycles. The van der Waals surface area contributed by atoms with Crippen LogP contribution in [0.1, 0.15) is 26.7 Å². The molecular weight excluding hydrogens is 260 g/mol. The Kier molecular flexibility index (Phi) is 6.44. The first-order chi connectivity index (χ1) is 9.43. The maximum absolute atomic E-state index is 11.8. The second kappa shape index (κ2) is 7.84. The molecule has 4 N–H and O–H groups in total. The van der Waals surface area contributed by atoms with E-state index in [1.807, 2.05) is 18.7 Å². The van der Waals surface area contributed by atoms with E-state index in [0.717, 1.165) is 12.8 Å². The highest BCUT2D eigenvalue weighted by molar-refractivity contribution is 5.85. The van der Waals surface area contributed by atoms with Crippen LogP contribution in [0.3, 0.4) is 0 Å². The zero-order valence-electron chi connectivity index (χ0n) is 12.1. The van der Waals surface area contributed by atoms with E-state index in [0.29, 0.717) is 13.1 Å². The summed E-state index contributed by atoms with van der Waals surface area (Å²) in [5.74, 6) is -0.407.